The average Bonchev–Trinajstić information content (AvgIpc) is 2.87. The van der Waals surface area contributed by atoms with Crippen LogP contribution in [0.2, 0.25) is 0 Å². The highest BCUT2D eigenvalue weighted by atomic mass is 32.2. The van der Waals surface area contributed by atoms with Crippen molar-refractivity contribution in [2.24, 2.45) is 0 Å². The van der Waals surface area contributed by atoms with Gasteiger partial charge in [0.15, 0.2) is 5.16 Å². The number of fused-ring (bicyclic) bond motifs is 1. The summed E-state index contributed by atoms with van der Waals surface area (Å²) < 4.78 is 6.71. The van der Waals surface area contributed by atoms with Crippen LogP contribution in [0.5, 0.6) is 5.75 Å². The fourth-order valence-electron chi connectivity index (χ4n) is 3.67. The highest BCUT2D eigenvalue weighted by Gasteiger charge is 2.17. The largest absolute Gasteiger partial charge is 0.495 e. The molecular weight excluding hydrogens is 480 g/mol. The number of ether oxygens (including phenoxy) is 1. The minimum absolute atomic E-state index is 0.0826. The standard InChI is InChI=1S/C26H24N4O5S/c1-16(2)17-8-10-18(11-9-17)29-25(32)20-6-4-5-7-21(20)28-26(29)36-15-24(31)27-22-14-19(30(33)34)12-13-23(22)35-3/h4-14,16H,15H2,1-3H3,(H,27,31). The first-order valence-electron chi connectivity index (χ1n) is 11.2. The molecule has 36 heavy (non-hydrogen) atoms. The lowest BCUT2D eigenvalue weighted by Gasteiger charge is -2.15. The zero-order chi connectivity index (χ0) is 25.8. The van der Waals surface area contributed by atoms with E-state index in [0.717, 1.165) is 17.3 Å². The average molecular weight is 505 g/mol. The minimum Gasteiger partial charge on any atom is -0.495 e. The number of benzene rings is 3. The number of amides is 1. The molecule has 10 heteroatoms. The molecule has 0 spiro atoms. The molecule has 4 aromatic rings. The second-order valence-corrected chi connectivity index (χ2v) is 9.22. The summed E-state index contributed by atoms with van der Waals surface area (Å²) in [4.78, 5) is 41.4. The molecule has 1 N–H and O–H groups in total. The summed E-state index contributed by atoms with van der Waals surface area (Å²) in [6.07, 6.45) is 0. The van der Waals surface area contributed by atoms with Gasteiger partial charge in [0.25, 0.3) is 11.2 Å². The van der Waals surface area contributed by atoms with Crippen LogP contribution in [0.25, 0.3) is 16.6 Å². The molecule has 0 fully saturated rings. The number of anilines is 1. The van der Waals surface area contributed by atoms with Gasteiger partial charge in [-0.2, -0.15) is 0 Å². The molecule has 0 aliphatic carbocycles. The van der Waals surface area contributed by atoms with Gasteiger partial charge in [0, 0.05) is 12.1 Å². The molecule has 9 nitrogen and oxygen atoms in total. The third-order valence-corrected chi connectivity index (χ3v) is 6.50. The molecule has 1 aromatic heterocycles. The molecule has 0 saturated heterocycles. The van der Waals surface area contributed by atoms with Gasteiger partial charge in [0.1, 0.15) is 5.75 Å². The van der Waals surface area contributed by atoms with Crippen LogP contribution in [-0.4, -0.2) is 33.2 Å². The summed E-state index contributed by atoms with van der Waals surface area (Å²) >= 11 is 1.10. The summed E-state index contributed by atoms with van der Waals surface area (Å²) in [7, 11) is 1.41. The molecule has 0 bridgehead atoms. The molecule has 0 unspecified atom stereocenters. The van der Waals surface area contributed by atoms with E-state index in [-0.39, 0.29) is 22.7 Å². The van der Waals surface area contributed by atoms with E-state index in [2.05, 4.69) is 24.1 Å². The van der Waals surface area contributed by atoms with Gasteiger partial charge in [-0.3, -0.25) is 24.3 Å². The lowest BCUT2D eigenvalue weighted by atomic mass is 10.0. The fraction of sp³-hybridized carbons (Fsp3) is 0.192. The molecule has 0 aliphatic rings. The number of thioether (sulfide) groups is 1. The number of carbonyl (C=O) groups is 1. The first-order valence-corrected chi connectivity index (χ1v) is 12.1. The summed E-state index contributed by atoms with van der Waals surface area (Å²) in [5, 5.41) is 14.6. The van der Waals surface area contributed by atoms with Gasteiger partial charge in [0.05, 0.1) is 40.1 Å². The van der Waals surface area contributed by atoms with Crippen molar-refractivity contribution in [1.29, 1.82) is 0 Å². The number of hydrogen-bond donors (Lipinski definition) is 1. The second kappa shape index (κ2) is 10.6. The van der Waals surface area contributed by atoms with Crippen LogP contribution in [-0.2, 0) is 4.79 Å². The number of para-hydroxylation sites is 1. The highest BCUT2D eigenvalue weighted by molar-refractivity contribution is 7.99. The number of nitro groups is 1. The lowest BCUT2D eigenvalue weighted by Crippen LogP contribution is -2.23. The van der Waals surface area contributed by atoms with Crippen molar-refractivity contribution in [3.8, 4) is 11.4 Å². The van der Waals surface area contributed by atoms with E-state index in [1.807, 2.05) is 24.3 Å². The molecule has 1 amide bonds. The lowest BCUT2D eigenvalue weighted by molar-refractivity contribution is -0.384. The Balaban J connectivity index is 1.65. The summed E-state index contributed by atoms with van der Waals surface area (Å²) in [5.41, 5.74) is 2.09. The SMILES string of the molecule is COc1ccc([N+](=O)[O-])cc1NC(=O)CSc1nc2ccccc2c(=O)n1-c1ccc(C(C)C)cc1. The Hall–Kier alpha value is -4.18. The number of hydrogen-bond acceptors (Lipinski definition) is 7. The van der Waals surface area contributed by atoms with Crippen molar-refractivity contribution >= 4 is 39.9 Å². The number of non-ortho nitro benzene ring substituents is 1. The van der Waals surface area contributed by atoms with E-state index in [4.69, 9.17) is 4.74 Å². The maximum absolute atomic E-state index is 13.4. The van der Waals surface area contributed by atoms with E-state index in [1.54, 1.807) is 24.3 Å². The maximum atomic E-state index is 13.4. The number of methoxy groups -OCH3 is 1. The summed E-state index contributed by atoms with van der Waals surface area (Å²) in [6.45, 7) is 4.18. The van der Waals surface area contributed by atoms with Crippen LogP contribution in [0, 0.1) is 10.1 Å². The fourth-order valence-corrected chi connectivity index (χ4v) is 4.48. The van der Waals surface area contributed by atoms with Gasteiger partial charge in [0.2, 0.25) is 5.91 Å². The molecule has 0 aliphatic heterocycles. The predicted octanol–water partition coefficient (Wildman–Crippen LogP) is 5.16. The van der Waals surface area contributed by atoms with E-state index in [1.165, 1.54) is 29.9 Å². The molecule has 0 saturated carbocycles. The number of carbonyl (C=O) groups excluding carboxylic acids is 1. The summed E-state index contributed by atoms with van der Waals surface area (Å²) in [5.74, 6) is 0.127. The molecule has 0 radical (unpaired) electrons. The maximum Gasteiger partial charge on any atom is 0.271 e. The zero-order valence-electron chi connectivity index (χ0n) is 19.9. The third-order valence-electron chi connectivity index (χ3n) is 5.56. The first kappa shape index (κ1) is 24.9. The number of nitrogens with one attached hydrogen (secondary N) is 1. The zero-order valence-corrected chi connectivity index (χ0v) is 20.7. The van der Waals surface area contributed by atoms with Crippen molar-refractivity contribution in [3.05, 3.63) is 92.8 Å². The van der Waals surface area contributed by atoms with Crippen LogP contribution in [0.1, 0.15) is 25.3 Å². The van der Waals surface area contributed by atoms with Gasteiger partial charge in [-0.1, -0.05) is 49.9 Å². The van der Waals surface area contributed by atoms with Gasteiger partial charge >= 0.3 is 0 Å². The van der Waals surface area contributed by atoms with Gasteiger partial charge < -0.3 is 10.1 Å². The van der Waals surface area contributed by atoms with Crippen molar-refractivity contribution in [2.75, 3.05) is 18.2 Å². The highest BCUT2D eigenvalue weighted by Crippen LogP contribution is 2.29. The van der Waals surface area contributed by atoms with Gasteiger partial charge in [-0.25, -0.2) is 4.98 Å². The van der Waals surface area contributed by atoms with Crippen molar-refractivity contribution in [1.82, 2.24) is 9.55 Å². The normalized spacial score (nSPS) is 11.0. The number of nitro benzene ring substituents is 1. The predicted molar refractivity (Wildman–Crippen MR) is 140 cm³/mol. The monoisotopic (exact) mass is 504 g/mol. The Morgan fingerprint density at radius 1 is 1.14 bits per heavy atom. The van der Waals surface area contributed by atoms with Crippen LogP contribution in [0.15, 0.2) is 76.7 Å². The Morgan fingerprint density at radius 2 is 1.86 bits per heavy atom. The smallest absolute Gasteiger partial charge is 0.271 e. The number of aromatic nitrogens is 2. The molecule has 184 valence electrons. The Morgan fingerprint density at radius 3 is 2.53 bits per heavy atom. The van der Waals surface area contributed by atoms with Crippen LogP contribution < -0.4 is 15.6 Å². The van der Waals surface area contributed by atoms with Crippen molar-refractivity contribution in [3.63, 3.8) is 0 Å². The molecule has 3 aromatic carbocycles. The molecule has 1 heterocycles. The Kier molecular flexibility index (Phi) is 7.35. The Bertz CT molecular complexity index is 1500. The second-order valence-electron chi connectivity index (χ2n) is 8.28. The van der Waals surface area contributed by atoms with E-state index in [0.29, 0.717) is 33.4 Å². The number of nitrogens with zero attached hydrogens (tertiary/aromatic N) is 3. The quantitative estimate of drug-likeness (QED) is 0.153. The summed E-state index contributed by atoms with van der Waals surface area (Å²) in [6, 6.07) is 18.7. The Labute approximate surface area is 211 Å². The van der Waals surface area contributed by atoms with Gasteiger partial charge in [-0.05, 0) is 41.8 Å². The van der Waals surface area contributed by atoms with E-state index in [9.17, 15) is 19.7 Å². The first-order chi connectivity index (χ1) is 17.3. The van der Waals surface area contributed by atoms with Crippen LogP contribution in [0.3, 0.4) is 0 Å². The van der Waals surface area contributed by atoms with Crippen LogP contribution >= 0.6 is 11.8 Å². The third kappa shape index (κ3) is 5.23. The molecule has 4 rings (SSSR count). The van der Waals surface area contributed by atoms with Crippen molar-refractivity contribution < 1.29 is 14.5 Å². The van der Waals surface area contributed by atoms with Crippen molar-refractivity contribution in [2.45, 2.75) is 24.9 Å². The molecule has 0 atom stereocenters. The van der Waals surface area contributed by atoms with Gasteiger partial charge in [-0.15, -0.1) is 0 Å². The number of rotatable bonds is 8. The van der Waals surface area contributed by atoms with Crippen LogP contribution in [0.4, 0.5) is 11.4 Å². The topological polar surface area (TPSA) is 116 Å². The van der Waals surface area contributed by atoms with E-state index < -0.39 is 10.8 Å². The van der Waals surface area contributed by atoms with E-state index >= 15 is 0 Å². The molecular formula is C26H24N4O5S. The minimum atomic E-state index is -0.550.